The number of amides is 1. The van der Waals surface area contributed by atoms with Crippen molar-refractivity contribution in [1.29, 1.82) is 0 Å². The fourth-order valence-electron chi connectivity index (χ4n) is 2.48. The van der Waals surface area contributed by atoms with Gasteiger partial charge in [0.1, 0.15) is 0 Å². The number of oxime groups is 1. The lowest BCUT2D eigenvalue weighted by molar-refractivity contribution is 0.0858. The summed E-state index contributed by atoms with van der Waals surface area (Å²) in [5.74, 6) is -0.279. The largest absolute Gasteiger partial charge is 0.388 e. The molecule has 2 N–H and O–H groups in total. The second kappa shape index (κ2) is 7.63. The summed E-state index contributed by atoms with van der Waals surface area (Å²) in [5.41, 5.74) is 2.49. The number of anilines is 2. The van der Waals surface area contributed by atoms with E-state index in [2.05, 4.69) is 15.2 Å². The lowest BCUT2D eigenvalue weighted by atomic mass is 10.1. The Morgan fingerprint density at radius 1 is 1.04 bits per heavy atom. The van der Waals surface area contributed by atoms with Crippen molar-refractivity contribution in [2.45, 2.75) is 38.0 Å². The maximum absolute atomic E-state index is 12.4. The second-order valence-corrected chi connectivity index (χ2v) is 9.92. The standard InChI is InChI=1S/C20H23N3O4S/c1-20(2,3)28(25,26)23-17-10-6-15(7-11-17)19(24)22-16-8-4-14(5-9-16)18-12-13-21-27-18/h4-11,13,18,23H,12H2,1-3H3,(H,22,24). The summed E-state index contributed by atoms with van der Waals surface area (Å²) in [6, 6.07) is 13.7. The van der Waals surface area contributed by atoms with Crippen LogP contribution in [0.15, 0.2) is 53.7 Å². The van der Waals surface area contributed by atoms with E-state index in [-0.39, 0.29) is 12.0 Å². The van der Waals surface area contributed by atoms with E-state index in [0.29, 0.717) is 16.9 Å². The van der Waals surface area contributed by atoms with E-state index in [1.165, 1.54) is 0 Å². The third-order valence-corrected chi connectivity index (χ3v) is 6.44. The van der Waals surface area contributed by atoms with Gasteiger partial charge in [-0.3, -0.25) is 9.52 Å². The van der Waals surface area contributed by atoms with Crippen molar-refractivity contribution in [2.24, 2.45) is 5.16 Å². The normalized spacial score (nSPS) is 16.5. The molecule has 2 aromatic rings. The molecule has 1 aliphatic rings. The van der Waals surface area contributed by atoms with Crippen molar-refractivity contribution in [1.82, 2.24) is 0 Å². The molecule has 0 radical (unpaired) electrons. The number of nitrogens with one attached hydrogen (secondary N) is 2. The molecule has 0 bridgehead atoms. The summed E-state index contributed by atoms with van der Waals surface area (Å²) in [6.45, 7) is 4.86. The molecule has 1 heterocycles. The van der Waals surface area contributed by atoms with Crippen molar-refractivity contribution in [3.63, 3.8) is 0 Å². The van der Waals surface area contributed by atoms with E-state index in [1.54, 1.807) is 63.4 Å². The van der Waals surface area contributed by atoms with Crippen LogP contribution in [0.2, 0.25) is 0 Å². The maximum Gasteiger partial charge on any atom is 0.255 e. The predicted octanol–water partition coefficient (Wildman–Crippen LogP) is 3.93. The highest BCUT2D eigenvalue weighted by Crippen LogP contribution is 2.25. The highest BCUT2D eigenvalue weighted by atomic mass is 32.2. The molecule has 2 aromatic carbocycles. The molecule has 1 aliphatic heterocycles. The molecule has 3 rings (SSSR count). The summed E-state index contributed by atoms with van der Waals surface area (Å²) in [7, 11) is -3.51. The summed E-state index contributed by atoms with van der Waals surface area (Å²) in [5, 5.41) is 6.57. The minimum absolute atomic E-state index is 0.0748. The molecular formula is C20H23N3O4S. The summed E-state index contributed by atoms with van der Waals surface area (Å²) < 4.78 is 26.0. The van der Waals surface area contributed by atoms with Crippen LogP contribution in [-0.4, -0.2) is 25.3 Å². The smallest absolute Gasteiger partial charge is 0.255 e. The van der Waals surface area contributed by atoms with Gasteiger partial charge in [0.15, 0.2) is 6.10 Å². The molecule has 28 heavy (non-hydrogen) atoms. The van der Waals surface area contributed by atoms with Gasteiger partial charge in [0.2, 0.25) is 10.0 Å². The van der Waals surface area contributed by atoms with Crippen LogP contribution in [0.4, 0.5) is 11.4 Å². The Balaban J connectivity index is 1.63. The average molecular weight is 401 g/mol. The lowest BCUT2D eigenvalue weighted by Crippen LogP contribution is -2.33. The molecule has 0 saturated carbocycles. The molecule has 8 heteroatoms. The Morgan fingerprint density at radius 3 is 2.18 bits per heavy atom. The van der Waals surface area contributed by atoms with E-state index < -0.39 is 14.8 Å². The Kier molecular flexibility index (Phi) is 5.42. The van der Waals surface area contributed by atoms with Gasteiger partial charge in [-0.2, -0.15) is 0 Å². The molecule has 0 spiro atoms. The molecule has 1 amide bonds. The number of benzene rings is 2. The fourth-order valence-corrected chi connectivity index (χ4v) is 3.23. The van der Waals surface area contributed by atoms with Gasteiger partial charge in [0, 0.05) is 29.6 Å². The molecular weight excluding hydrogens is 378 g/mol. The van der Waals surface area contributed by atoms with Gasteiger partial charge >= 0.3 is 0 Å². The van der Waals surface area contributed by atoms with Gasteiger partial charge in [-0.15, -0.1) is 0 Å². The van der Waals surface area contributed by atoms with Gasteiger partial charge in [-0.25, -0.2) is 8.42 Å². The maximum atomic E-state index is 12.4. The topological polar surface area (TPSA) is 96.9 Å². The minimum atomic E-state index is -3.51. The first-order valence-corrected chi connectivity index (χ1v) is 10.4. The number of hydrogen-bond donors (Lipinski definition) is 2. The van der Waals surface area contributed by atoms with Crippen molar-refractivity contribution < 1.29 is 18.0 Å². The van der Waals surface area contributed by atoms with E-state index >= 15 is 0 Å². The Bertz CT molecular complexity index is 968. The van der Waals surface area contributed by atoms with Gasteiger partial charge in [-0.05, 0) is 62.7 Å². The summed E-state index contributed by atoms with van der Waals surface area (Å²) >= 11 is 0. The van der Waals surface area contributed by atoms with E-state index in [1.807, 2.05) is 12.1 Å². The highest BCUT2D eigenvalue weighted by Gasteiger charge is 2.28. The van der Waals surface area contributed by atoms with E-state index in [9.17, 15) is 13.2 Å². The molecule has 7 nitrogen and oxygen atoms in total. The van der Waals surface area contributed by atoms with Gasteiger partial charge in [0.05, 0.1) is 4.75 Å². The highest BCUT2D eigenvalue weighted by molar-refractivity contribution is 7.94. The van der Waals surface area contributed by atoms with Crippen LogP contribution in [0.3, 0.4) is 0 Å². The van der Waals surface area contributed by atoms with Gasteiger partial charge in [-0.1, -0.05) is 17.3 Å². The Hall–Kier alpha value is -2.87. The van der Waals surface area contributed by atoms with Gasteiger partial charge < -0.3 is 10.2 Å². The zero-order chi connectivity index (χ0) is 20.4. The summed E-state index contributed by atoms with van der Waals surface area (Å²) in [4.78, 5) is 17.6. The third kappa shape index (κ3) is 4.51. The SMILES string of the molecule is CC(C)(C)S(=O)(=O)Nc1ccc(C(=O)Nc2ccc(C3CC=NO3)cc2)cc1. The molecule has 0 aromatic heterocycles. The number of sulfonamides is 1. The van der Waals surface area contributed by atoms with Crippen molar-refractivity contribution >= 4 is 33.5 Å². The number of carbonyl (C=O) groups excluding carboxylic acids is 1. The molecule has 0 saturated heterocycles. The molecule has 1 unspecified atom stereocenters. The quantitative estimate of drug-likeness (QED) is 0.793. The van der Waals surface area contributed by atoms with Gasteiger partial charge in [0.25, 0.3) is 5.91 Å². The third-order valence-electron chi connectivity index (χ3n) is 4.33. The fraction of sp³-hybridized carbons (Fsp3) is 0.300. The Morgan fingerprint density at radius 2 is 1.64 bits per heavy atom. The first kappa shape index (κ1) is 19.9. The minimum Gasteiger partial charge on any atom is -0.388 e. The van der Waals surface area contributed by atoms with Crippen LogP contribution >= 0.6 is 0 Å². The van der Waals surface area contributed by atoms with Crippen LogP contribution in [-0.2, 0) is 14.9 Å². The van der Waals surface area contributed by atoms with Crippen LogP contribution in [0.25, 0.3) is 0 Å². The van der Waals surface area contributed by atoms with Crippen molar-refractivity contribution in [3.05, 3.63) is 59.7 Å². The van der Waals surface area contributed by atoms with E-state index in [4.69, 9.17) is 4.84 Å². The van der Waals surface area contributed by atoms with Crippen LogP contribution in [0, 0.1) is 0 Å². The number of carbonyl (C=O) groups is 1. The van der Waals surface area contributed by atoms with Crippen LogP contribution < -0.4 is 10.0 Å². The zero-order valence-electron chi connectivity index (χ0n) is 16.0. The lowest BCUT2D eigenvalue weighted by Gasteiger charge is -2.20. The average Bonchev–Trinajstić information content (AvgIpc) is 3.16. The monoisotopic (exact) mass is 401 g/mol. The number of nitrogens with zero attached hydrogens (tertiary/aromatic N) is 1. The summed E-state index contributed by atoms with van der Waals surface area (Å²) in [6.07, 6.45) is 2.39. The van der Waals surface area contributed by atoms with Crippen LogP contribution in [0.5, 0.6) is 0 Å². The molecule has 0 fully saturated rings. The van der Waals surface area contributed by atoms with Crippen molar-refractivity contribution in [3.8, 4) is 0 Å². The zero-order valence-corrected chi connectivity index (χ0v) is 16.8. The second-order valence-electron chi connectivity index (χ2n) is 7.49. The molecule has 1 atom stereocenters. The van der Waals surface area contributed by atoms with E-state index in [0.717, 1.165) is 12.0 Å². The number of hydrogen-bond acceptors (Lipinski definition) is 5. The Labute approximate surface area is 164 Å². The first-order valence-electron chi connectivity index (χ1n) is 8.87. The molecule has 148 valence electrons. The number of rotatable bonds is 5. The van der Waals surface area contributed by atoms with Crippen LogP contribution in [0.1, 0.15) is 49.2 Å². The predicted molar refractivity (Wildman–Crippen MR) is 110 cm³/mol. The first-order chi connectivity index (χ1) is 13.2. The molecule has 0 aliphatic carbocycles. The van der Waals surface area contributed by atoms with Crippen molar-refractivity contribution in [2.75, 3.05) is 10.0 Å².